The Balaban J connectivity index is 1.33. The molecule has 1 N–H and O–H groups in total. The first-order valence-corrected chi connectivity index (χ1v) is 21.0. The summed E-state index contributed by atoms with van der Waals surface area (Å²) in [6.07, 6.45) is 5.70. The van der Waals surface area contributed by atoms with Crippen LogP contribution in [-0.2, 0) is 34.4 Å². The normalized spacial score (nSPS) is 19.1. The van der Waals surface area contributed by atoms with E-state index < -0.39 is 25.9 Å². The van der Waals surface area contributed by atoms with E-state index in [0.717, 1.165) is 24.8 Å². The number of nitrogens with zero attached hydrogens (tertiary/aromatic N) is 3. The molecule has 0 amide bonds. The SMILES string of the molecule is COCCOCCS(=O)(=O)c1ccc(S(=O)(=O)N2CCN(CC3=C(c4ccc(Cl)cc4)CC(C)(C)CC3)CC2c2c([O])cnc3[nH]ccc23)cc1Cl. The van der Waals surface area contributed by atoms with Crippen molar-refractivity contribution in [3.8, 4) is 5.75 Å². The molecule has 1 radical (unpaired) electrons. The number of methoxy groups -OCH3 is 1. The Kier molecular flexibility index (Phi) is 11.7. The van der Waals surface area contributed by atoms with Crippen LogP contribution in [0.3, 0.4) is 0 Å². The van der Waals surface area contributed by atoms with Crippen molar-refractivity contribution in [2.75, 3.05) is 58.9 Å². The monoisotopic (exact) mass is 789 g/mol. The molecule has 0 bridgehead atoms. The molecule has 15 heteroatoms. The van der Waals surface area contributed by atoms with Crippen molar-refractivity contribution in [3.63, 3.8) is 0 Å². The molecular formula is C37H43Cl2N4O7S2. The number of hydrogen-bond donors (Lipinski definition) is 1. The second-order valence-corrected chi connectivity index (χ2v) is 18.9. The number of pyridine rings is 1. The van der Waals surface area contributed by atoms with Gasteiger partial charge in [-0.05, 0) is 72.2 Å². The third-order valence-electron chi connectivity index (χ3n) is 9.91. The number of aromatic amines is 1. The van der Waals surface area contributed by atoms with E-state index in [0.29, 0.717) is 41.3 Å². The van der Waals surface area contributed by atoms with Crippen molar-refractivity contribution in [1.82, 2.24) is 19.2 Å². The van der Waals surface area contributed by atoms with Gasteiger partial charge in [-0.2, -0.15) is 4.31 Å². The van der Waals surface area contributed by atoms with Gasteiger partial charge in [0, 0.05) is 55.5 Å². The van der Waals surface area contributed by atoms with Gasteiger partial charge in [0.15, 0.2) is 9.84 Å². The van der Waals surface area contributed by atoms with Gasteiger partial charge >= 0.3 is 0 Å². The third kappa shape index (κ3) is 8.37. The highest BCUT2D eigenvalue weighted by molar-refractivity contribution is 7.91. The van der Waals surface area contributed by atoms with Crippen molar-refractivity contribution in [1.29, 1.82) is 0 Å². The van der Waals surface area contributed by atoms with E-state index in [1.54, 1.807) is 12.3 Å². The number of nitrogens with one attached hydrogen (secondary N) is 1. The molecule has 0 spiro atoms. The molecule has 1 unspecified atom stereocenters. The van der Waals surface area contributed by atoms with Crippen LogP contribution in [0, 0.1) is 5.41 Å². The lowest BCUT2D eigenvalue weighted by molar-refractivity contribution is 0.0785. The van der Waals surface area contributed by atoms with Crippen LogP contribution in [0.25, 0.3) is 16.6 Å². The van der Waals surface area contributed by atoms with Gasteiger partial charge in [-0.25, -0.2) is 21.8 Å². The number of aromatic nitrogens is 2. The molecule has 4 aromatic rings. The minimum atomic E-state index is -4.27. The van der Waals surface area contributed by atoms with E-state index in [2.05, 4.69) is 28.7 Å². The second-order valence-electron chi connectivity index (χ2n) is 14.1. The minimum absolute atomic E-state index is 0.0685. The average molecular weight is 791 g/mol. The standard InChI is InChI=1S/C37H43Cl2N4O7S2/c1-37(2)12-10-26(30(21-37)25-4-6-27(38)7-5-25)23-42-14-15-43(32(24-42)35-29-11-13-40-36(29)41-22-33(35)44)52(47,48)28-8-9-34(31(39)20-28)51(45,46)19-18-50-17-16-49-3/h4-9,11,13,20,22,32H,10,12,14-19,21,23-24H2,1-3H3,(H,40,41). The fourth-order valence-electron chi connectivity index (χ4n) is 7.13. The number of allylic oxidation sites excluding steroid dienone is 1. The molecular weight excluding hydrogens is 747 g/mol. The number of hydrogen-bond acceptors (Lipinski definition) is 8. The van der Waals surface area contributed by atoms with Crippen molar-refractivity contribution < 1.29 is 31.4 Å². The number of H-pyrrole nitrogens is 1. The first kappa shape index (κ1) is 38.7. The van der Waals surface area contributed by atoms with Crippen LogP contribution >= 0.6 is 23.2 Å². The van der Waals surface area contributed by atoms with Gasteiger partial charge in [0.1, 0.15) is 5.65 Å². The molecule has 279 valence electrons. The van der Waals surface area contributed by atoms with E-state index in [9.17, 15) is 21.9 Å². The van der Waals surface area contributed by atoms with Crippen LogP contribution in [0.5, 0.6) is 5.75 Å². The summed E-state index contributed by atoms with van der Waals surface area (Å²) in [5.74, 6) is -0.701. The predicted octanol–water partition coefficient (Wildman–Crippen LogP) is 7.16. The number of fused-ring (bicyclic) bond motifs is 1. The number of halogens is 2. The largest absolute Gasteiger partial charge is 0.382 e. The Bertz CT molecular complexity index is 2170. The summed E-state index contributed by atoms with van der Waals surface area (Å²) in [5.41, 5.74) is 4.61. The molecule has 1 aliphatic carbocycles. The zero-order chi connectivity index (χ0) is 37.3. The van der Waals surface area contributed by atoms with Crippen LogP contribution in [0.15, 0.2) is 76.3 Å². The van der Waals surface area contributed by atoms with E-state index in [4.69, 9.17) is 32.7 Å². The quantitative estimate of drug-likeness (QED) is 0.141. The number of sulfonamides is 1. The highest BCUT2D eigenvalue weighted by Crippen LogP contribution is 2.45. The van der Waals surface area contributed by atoms with Gasteiger partial charge in [0.25, 0.3) is 0 Å². The number of ether oxygens (including phenoxy) is 2. The molecule has 1 atom stereocenters. The van der Waals surface area contributed by atoms with Gasteiger partial charge in [-0.15, -0.1) is 0 Å². The van der Waals surface area contributed by atoms with Gasteiger partial charge in [-0.1, -0.05) is 54.8 Å². The first-order chi connectivity index (χ1) is 24.7. The maximum atomic E-state index is 14.5. The van der Waals surface area contributed by atoms with Gasteiger partial charge in [0.05, 0.1) is 52.6 Å². The molecule has 1 aliphatic heterocycles. The molecule has 0 saturated carbocycles. The highest BCUT2D eigenvalue weighted by atomic mass is 35.5. The average Bonchev–Trinajstić information content (AvgIpc) is 3.58. The zero-order valence-corrected chi connectivity index (χ0v) is 32.5. The molecule has 1 saturated heterocycles. The fraction of sp³-hybridized carbons (Fsp3) is 0.432. The van der Waals surface area contributed by atoms with Gasteiger partial charge in [-0.3, -0.25) is 10.0 Å². The van der Waals surface area contributed by atoms with Crippen LogP contribution in [-0.4, -0.2) is 94.9 Å². The Labute approximate surface area is 315 Å². The van der Waals surface area contributed by atoms with E-state index >= 15 is 0 Å². The summed E-state index contributed by atoms with van der Waals surface area (Å²) < 4.78 is 66.7. The van der Waals surface area contributed by atoms with Crippen molar-refractivity contribution >= 4 is 59.7 Å². The lowest BCUT2D eigenvalue weighted by Gasteiger charge is -2.42. The van der Waals surface area contributed by atoms with Crippen LogP contribution < -0.4 is 0 Å². The van der Waals surface area contributed by atoms with Crippen LogP contribution in [0.2, 0.25) is 10.0 Å². The molecule has 2 aromatic heterocycles. The molecule has 52 heavy (non-hydrogen) atoms. The zero-order valence-electron chi connectivity index (χ0n) is 29.4. The van der Waals surface area contributed by atoms with Crippen LogP contribution in [0.4, 0.5) is 0 Å². The number of sulfone groups is 1. The van der Waals surface area contributed by atoms with Crippen LogP contribution in [0.1, 0.15) is 50.3 Å². The Morgan fingerprint density at radius 1 is 1.00 bits per heavy atom. The van der Waals surface area contributed by atoms with E-state index in [1.165, 1.54) is 47.0 Å². The summed E-state index contributed by atoms with van der Waals surface area (Å²) in [7, 11) is -6.63. The molecule has 6 rings (SSSR count). The van der Waals surface area contributed by atoms with Gasteiger partial charge < -0.3 is 14.5 Å². The van der Waals surface area contributed by atoms with Gasteiger partial charge in [0.2, 0.25) is 15.8 Å². The summed E-state index contributed by atoms with van der Waals surface area (Å²) in [4.78, 5) is 9.15. The minimum Gasteiger partial charge on any atom is -0.382 e. The molecule has 2 aliphatic rings. The Morgan fingerprint density at radius 2 is 1.77 bits per heavy atom. The highest BCUT2D eigenvalue weighted by Gasteiger charge is 2.41. The van der Waals surface area contributed by atoms with E-state index in [1.807, 2.05) is 24.3 Å². The molecule has 1 fully saturated rings. The fourth-order valence-corrected chi connectivity index (χ4v) is 10.6. The molecule has 3 heterocycles. The summed E-state index contributed by atoms with van der Waals surface area (Å²) >= 11 is 12.7. The Morgan fingerprint density at radius 3 is 2.50 bits per heavy atom. The molecule has 2 aromatic carbocycles. The lowest BCUT2D eigenvalue weighted by atomic mass is 9.72. The topological polar surface area (TPSA) is 142 Å². The Hall–Kier alpha value is -3.01. The van der Waals surface area contributed by atoms with Crippen molar-refractivity contribution in [2.45, 2.75) is 48.9 Å². The van der Waals surface area contributed by atoms with Crippen molar-refractivity contribution in [2.24, 2.45) is 5.41 Å². The number of benzene rings is 2. The lowest BCUT2D eigenvalue weighted by Crippen LogP contribution is -2.51. The maximum Gasteiger partial charge on any atom is 0.243 e. The predicted molar refractivity (Wildman–Crippen MR) is 202 cm³/mol. The molecule has 11 nitrogen and oxygen atoms in total. The summed E-state index contributed by atoms with van der Waals surface area (Å²) in [6, 6.07) is 12.4. The summed E-state index contributed by atoms with van der Waals surface area (Å²) in [6.45, 7) is 6.41. The second kappa shape index (κ2) is 15.8. The number of piperazine rings is 1. The third-order valence-corrected chi connectivity index (χ3v) is 14.2. The maximum absolute atomic E-state index is 14.5. The number of rotatable bonds is 13. The van der Waals surface area contributed by atoms with Crippen molar-refractivity contribution in [3.05, 3.63) is 87.7 Å². The van der Waals surface area contributed by atoms with E-state index in [-0.39, 0.29) is 58.0 Å². The smallest absolute Gasteiger partial charge is 0.243 e. The summed E-state index contributed by atoms with van der Waals surface area (Å²) in [5, 5.41) is 14.6. The first-order valence-electron chi connectivity index (χ1n) is 17.1.